The predicted molar refractivity (Wildman–Crippen MR) is 126 cm³/mol. The summed E-state index contributed by atoms with van der Waals surface area (Å²) in [7, 11) is 0. The lowest BCUT2D eigenvalue weighted by molar-refractivity contribution is 0.174. The largest absolute Gasteiger partial charge is 0.454 e. The summed E-state index contributed by atoms with van der Waals surface area (Å²) in [5.41, 5.74) is 5.84. The third-order valence-electron chi connectivity index (χ3n) is 6.01. The standard InChI is InChI=1S/C28H18N2O3/c1-3-9-18(10-4-1)26-27(19-11-5-2-6-12-19)30-21-13-7-8-14-22(21)33-23-16-25-24(31-17-32-25)15-20(23)28(30)29-26/h1-16H,17H2. The van der Waals surface area contributed by atoms with E-state index in [-0.39, 0.29) is 6.79 Å². The van der Waals surface area contributed by atoms with E-state index in [9.17, 15) is 0 Å². The van der Waals surface area contributed by atoms with Crippen molar-refractivity contribution >= 4 is 0 Å². The number of hydrogen-bond acceptors (Lipinski definition) is 4. The fraction of sp³-hybridized carbons (Fsp3) is 0.0357. The van der Waals surface area contributed by atoms with Crippen molar-refractivity contribution in [3.8, 4) is 62.6 Å². The number of aromatic nitrogens is 2. The van der Waals surface area contributed by atoms with Crippen LogP contribution in [0.1, 0.15) is 0 Å². The van der Waals surface area contributed by atoms with Crippen molar-refractivity contribution in [2.24, 2.45) is 0 Å². The number of hydrogen-bond donors (Lipinski definition) is 0. The molecule has 0 atom stereocenters. The van der Waals surface area contributed by atoms with Crippen LogP contribution in [0, 0.1) is 0 Å². The van der Waals surface area contributed by atoms with Gasteiger partial charge in [-0.05, 0) is 18.2 Å². The topological polar surface area (TPSA) is 45.5 Å². The van der Waals surface area contributed by atoms with E-state index in [0.29, 0.717) is 17.2 Å². The number of benzene rings is 4. The minimum atomic E-state index is 0.202. The second kappa shape index (κ2) is 7.00. The van der Waals surface area contributed by atoms with Crippen LogP contribution in [0.3, 0.4) is 0 Å². The van der Waals surface area contributed by atoms with Crippen LogP contribution in [0.4, 0.5) is 0 Å². The molecule has 7 rings (SSSR count). The van der Waals surface area contributed by atoms with E-state index in [1.807, 2.05) is 54.6 Å². The highest BCUT2D eigenvalue weighted by Crippen LogP contribution is 2.50. The van der Waals surface area contributed by atoms with Crippen LogP contribution >= 0.6 is 0 Å². The first-order valence-electron chi connectivity index (χ1n) is 10.8. The molecule has 0 aliphatic carbocycles. The highest BCUT2D eigenvalue weighted by Gasteiger charge is 2.30. The van der Waals surface area contributed by atoms with Gasteiger partial charge in [0.05, 0.1) is 22.6 Å². The monoisotopic (exact) mass is 430 g/mol. The summed E-state index contributed by atoms with van der Waals surface area (Å²) >= 11 is 0. The first kappa shape index (κ1) is 18.1. The number of fused-ring (bicyclic) bond motifs is 6. The molecule has 2 aliphatic heterocycles. The molecular formula is C28H18N2O3. The Morgan fingerprint density at radius 2 is 1.30 bits per heavy atom. The molecule has 1 aromatic heterocycles. The van der Waals surface area contributed by atoms with Crippen molar-refractivity contribution < 1.29 is 14.2 Å². The summed E-state index contributed by atoms with van der Waals surface area (Å²) < 4.78 is 19.9. The molecule has 0 bridgehead atoms. The predicted octanol–water partition coefficient (Wildman–Crippen LogP) is 6.71. The summed E-state index contributed by atoms with van der Waals surface area (Å²) in [5, 5.41) is 0. The average Bonchev–Trinajstić information content (AvgIpc) is 3.46. The molecule has 0 fully saturated rings. The van der Waals surface area contributed by atoms with Crippen molar-refractivity contribution in [2.45, 2.75) is 0 Å². The molecule has 0 radical (unpaired) electrons. The molecule has 2 aliphatic rings. The maximum atomic E-state index is 6.41. The number of imidazole rings is 1. The van der Waals surface area contributed by atoms with Gasteiger partial charge in [-0.25, -0.2) is 4.98 Å². The smallest absolute Gasteiger partial charge is 0.231 e. The van der Waals surface area contributed by atoms with Crippen LogP contribution < -0.4 is 14.2 Å². The van der Waals surface area contributed by atoms with E-state index >= 15 is 0 Å². The van der Waals surface area contributed by atoms with Gasteiger partial charge in [0.15, 0.2) is 17.2 Å². The minimum absolute atomic E-state index is 0.202. The molecule has 3 heterocycles. The van der Waals surface area contributed by atoms with Gasteiger partial charge in [0.25, 0.3) is 0 Å². The molecular weight excluding hydrogens is 412 g/mol. The van der Waals surface area contributed by atoms with Gasteiger partial charge in [-0.2, -0.15) is 0 Å². The van der Waals surface area contributed by atoms with Gasteiger partial charge in [0, 0.05) is 17.2 Å². The van der Waals surface area contributed by atoms with Gasteiger partial charge in [0.2, 0.25) is 6.79 Å². The van der Waals surface area contributed by atoms with E-state index < -0.39 is 0 Å². The summed E-state index contributed by atoms with van der Waals surface area (Å²) in [5.74, 6) is 3.62. The first-order chi connectivity index (χ1) is 16.4. The maximum Gasteiger partial charge on any atom is 0.231 e. The Labute approximate surface area is 190 Å². The maximum absolute atomic E-state index is 6.41. The van der Waals surface area contributed by atoms with Crippen LogP contribution in [0.25, 0.3) is 39.6 Å². The minimum Gasteiger partial charge on any atom is -0.454 e. The molecule has 33 heavy (non-hydrogen) atoms. The fourth-order valence-electron chi connectivity index (χ4n) is 4.52. The normalized spacial score (nSPS) is 12.8. The Morgan fingerprint density at radius 3 is 2.09 bits per heavy atom. The van der Waals surface area contributed by atoms with E-state index in [1.165, 1.54) is 0 Å². The number of ether oxygens (including phenoxy) is 3. The quantitative estimate of drug-likeness (QED) is 0.306. The lowest BCUT2D eigenvalue weighted by atomic mass is 10.0. The molecule has 0 saturated heterocycles. The first-order valence-corrected chi connectivity index (χ1v) is 10.8. The van der Waals surface area contributed by atoms with Crippen LogP contribution in [0.2, 0.25) is 0 Å². The lowest BCUT2D eigenvalue weighted by Crippen LogP contribution is -1.99. The number of rotatable bonds is 2. The summed E-state index contributed by atoms with van der Waals surface area (Å²) in [4.78, 5) is 5.21. The van der Waals surface area contributed by atoms with Crippen LogP contribution in [-0.4, -0.2) is 16.3 Å². The van der Waals surface area contributed by atoms with Crippen molar-refractivity contribution in [3.63, 3.8) is 0 Å². The molecule has 5 heteroatoms. The Kier molecular flexibility index (Phi) is 3.84. The van der Waals surface area contributed by atoms with Gasteiger partial charge < -0.3 is 14.2 Å². The fourth-order valence-corrected chi connectivity index (χ4v) is 4.52. The second-order valence-electron chi connectivity index (χ2n) is 7.97. The Morgan fingerprint density at radius 1 is 0.636 bits per heavy atom. The highest BCUT2D eigenvalue weighted by molar-refractivity contribution is 5.87. The van der Waals surface area contributed by atoms with Gasteiger partial charge in [-0.3, -0.25) is 4.57 Å². The van der Waals surface area contributed by atoms with Crippen molar-refractivity contribution in [1.82, 2.24) is 9.55 Å². The molecule has 5 aromatic rings. The summed E-state index contributed by atoms with van der Waals surface area (Å²) in [6.07, 6.45) is 0. The molecule has 0 spiro atoms. The summed E-state index contributed by atoms with van der Waals surface area (Å²) in [6.45, 7) is 0.202. The average molecular weight is 430 g/mol. The van der Waals surface area contributed by atoms with Gasteiger partial charge in [-0.1, -0.05) is 72.8 Å². The molecule has 5 nitrogen and oxygen atoms in total. The third-order valence-corrected chi connectivity index (χ3v) is 6.01. The molecule has 0 saturated carbocycles. The van der Waals surface area contributed by atoms with E-state index in [4.69, 9.17) is 19.2 Å². The zero-order valence-corrected chi connectivity index (χ0v) is 17.6. The van der Waals surface area contributed by atoms with E-state index in [0.717, 1.165) is 45.3 Å². The number of para-hydroxylation sites is 2. The molecule has 0 N–H and O–H groups in total. The summed E-state index contributed by atoms with van der Waals surface area (Å²) in [6, 6.07) is 32.6. The van der Waals surface area contributed by atoms with Crippen LogP contribution in [0.15, 0.2) is 97.1 Å². The lowest BCUT2D eigenvalue weighted by Gasteiger charge is -2.13. The second-order valence-corrected chi connectivity index (χ2v) is 7.97. The van der Waals surface area contributed by atoms with Gasteiger partial charge >= 0.3 is 0 Å². The van der Waals surface area contributed by atoms with Crippen molar-refractivity contribution in [2.75, 3.05) is 6.79 Å². The molecule has 0 unspecified atom stereocenters. The zero-order chi connectivity index (χ0) is 21.8. The number of nitrogens with zero attached hydrogens (tertiary/aromatic N) is 2. The Bertz CT molecular complexity index is 1510. The van der Waals surface area contributed by atoms with Gasteiger partial charge in [-0.15, -0.1) is 0 Å². The Hall–Kier alpha value is -4.51. The molecule has 4 aromatic carbocycles. The van der Waals surface area contributed by atoms with Crippen molar-refractivity contribution in [3.05, 3.63) is 97.1 Å². The molecule has 158 valence electrons. The molecule has 0 amide bonds. The highest BCUT2D eigenvalue weighted by atomic mass is 16.7. The van der Waals surface area contributed by atoms with Gasteiger partial charge in [0.1, 0.15) is 11.6 Å². The SMILES string of the molecule is c1ccc(-c2nc3n(c2-c2ccccc2)-c2ccccc2Oc2cc4c(cc2-3)OCO4)cc1. The van der Waals surface area contributed by atoms with Crippen LogP contribution in [0.5, 0.6) is 23.0 Å². The van der Waals surface area contributed by atoms with E-state index in [2.05, 4.69) is 47.0 Å². The Balaban J connectivity index is 1.62. The van der Waals surface area contributed by atoms with Crippen LogP contribution in [-0.2, 0) is 0 Å². The third kappa shape index (κ3) is 2.76. The van der Waals surface area contributed by atoms with E-state index in [1.54, 1.807) is 0 Å². The zero-order valence-electron chi connectivity index (χ0n) is 17.6. The van der Waals surface area contributed by atoms with Crippen molar-refractivity contribution in [1.29, 1.82) is 0 Å².